The van der Waals surface area contributed by atoms with E-state index in [0.717, 1.165) is 27.6 Å². The Hall–Kier alpha value is -2.48. The Labute approximate surface area is 187 Å². The number of carboxylic acid groups (broad SMARTS) is 1. The van der Waals surface area contributed by atoms with Crippen LogP contribution in [0.2, 0.25) is 0 Å². The Morgan fingerprint density at radius 3 is 2.68 bits per heavy atom. The van der Waals surface area contributed by atoms with Crippen LogP contribution in [0.5, 0.6) is 5.75 Å². The lowest BCUT2D eigenvalue weighted by Gasteiger charge is -2.22. The molecule has 1 aliphatic rings. The molecule has 0 aliphatic heterocycles. The molecular weight excluding hydrogens is 412 g/mol. The first-order valence-corrected chi connectivity index (χ1v) is 11.3. The average Bonchev–Trinajstić information content (AvgIpc) is 3.12. The zero-order valence-corrected chi connectivity index (χ0v) is 18.8. The Balaban J connectivity index is 1.64. The van der Waals surface area contributed by atoms with E-state index in [-0.39, 0.29) is 18.9 Å². The van der Waals surface area contributed by atoms with E-state index in [0.29, 0.717) is 24.7 Å². The summed E-state index contributed by atoms with van der Waals surface area (Å²) in [6, 6.07) is 6.97. The summed E-state index contributed by atoms with van der Waals surface area (Å²) in [5, 5.41) is 19.5. The van der Waals surface area contributed by atoms with E-state index in [1.165, 1.54) is 5.57 Å². The Morgan fingerprint density at radius 2 is 2.06 bits per heavy atom. The van der Waals surface area contributed by atoms with Gasteiger partial charge in [0, 0.05) is 24.5 Å². The van der Waals surface area contributed by atoms with Crippen molar-refractivity contribution >= 4 is 17.3 Å². The van der Waals surface area contributed by atoms with Crippen molar-refractivity contribution in [3.05, 3.63) is 69.2 Å². The molecule has 3 rings (SSSR count). The van der Waals surface area contributed by atoms with Crippen LogP contribution in [-0.4, -0.2) is 33.8 Å². The molecule has 2 unspecified atom stereocenters. The number of aliphatic carboxylic acids is 1. The number of benzene rings is 1. The summed E-state index contributed by atoms with van der Waals surface area (Å²) in [5.41, 5.74) is 9.22. The number of aromatic nitrogens is 1. The number of aliphatic hydroxyl groups is 1. The Morgan fingerprint density at radius 1 is 1.32 bits per heavy atom. The van der Waals surface area contributed by atoms with Gasteiger partial charge in [0.15, 0.2) is 0 Å². The molecule has 0 amide bonds. The number of hydrogen-bond acceptors (Lipinski definition) is 6. The number of carboxylic acids is 1. The number of carbonyl (C=O) groups is 1. The highest BCUT2D eigenvalue weighted by Gasteiger charge is 2.23. The summed E-state index contributed by atoms with van der Waals surface area (Å²) in [4.78, 5) is 17.1. The number of nitrogens with two attached hydrogens (primary N) is 1. The minimum atomic E-state index is -0.909. The smallest absolute Gasteiger partial charge is 0.304 e. The normalized spacial score (nSPS) is 17.8. The molecule has 31 heavy (non-hydrogen) atoms. The van der Waals surface area contributed by atoms with E-state index < -0.39 is 12.0 Å². The van der Waals surface area contributed by atoms with Gasteiger partial charge < -0.3 is 20.7 Å². The maximum atomic E-state index is 11.2. The molecule has 1 aromatic carbocycles. The van der Waals surface area contributed by atoms with Gasteiger partial charge >= 0.3 is 5.97 Å². The molecule has 0 fully saturated rings. The molecule has 2 aromatic rings. The predicted molar refractivity (Wildman–Crippen MR) is 123 cm³/mol. The van der Waals surface area contributed by atoms with E-state index >= 15 is 0 Å². The number of allylic oxidation sites excluding steroid dienone is 4. The minimum Gasteiger partial charge on any atom is -0.488 e. The Kier molecular flexibility index (Phi) is 8.01. The van der Waals surface area contributed by atoms with E-state index in [1.54, 1.807) is 11.3 Å². The lowest BCUT2D eigenvalue weighted by Crippen LogP contribution is -2.31. The summed E-state index contributed by atoms with van der Waals surface area (Å²) in [6.45, 7) is 4.49. The second kappa shape index (κ2) is 10.7. The topological polar surface area (TPSA) is 106 Å². The lowest BCUT2D eigenvalue weighted by atomic mass is 9.87. The second-order valence-corrected chi connectivity index (χ2v) is 9.06. The Bertz CT molecular complexity index is 949. The van der Waals surface area contributed by atoms with Crippen LogP contribution in [0.15, 0.2) is 48.1 Å². The van der Waals surface area contributed by atoms with Crippen LogP contribution in [0.3, 0.4) is 0 Å². The number of aryl methyl sites for hydroxylation is 1. The number of rotatable bonds is 10. The summed E-state index contributed by atoms with van der Waals surface area (Å²) in [5.74, 6) is -0.228. The van der Waals surface area contributed by atoms with Crippen molar-refractivity contribution in [2.24, 2.45) is 5.73 Å². The molecule has 6 nitrogen and oxygen atoms in total. The molecule has 4 N–H and O–H groups in total. The third kappa shape index (κ3) is 6.26. The highest BCUT2D eigenvalue weighted by atomic mass is 32.1. The number of ether oxygens (including phenoxy) is 1. The summed E-state index contributed by atoms with van der Waals surface area (Å²) < 4.78 is 5.97. The van der Waals surface area contributed by atoms with Crippen molar-refractivity contribution in [3.8, 4) is 5.75 Å². The monoisotopic (exact) mass is 442 g/mol. The second-order valence-electron chi connectivity index (χ2n) is 7.95. The van der Waals surface area contributed by atoms with Crippen molar-refractivity contribution in [2.75, 3.05) is 6.61 Å². The molecule has 1 aliphatic carbocycles. The fourth-order valence-electron chi connectivity index (χ4n) is 3.67. The maximum Gasteiger partial charge on any atom is 0.304 e. The molecule has 7 heteroatoms. The SMILES string of the molecule is CC1=CCC(c2nc(C)c(COc3ccc([C@H](CC(=O)O)C(N)CCO)cc3)s2)C=C1. The van der Waals surface area contributed by atoms with E-state index in [4.69, 9.17) is 20.6 Å². The fourth-order valence-corrected chi connectivity index (χ4v) is 4.74. The molecule has 166 valence electrons. The van der Waals surface area contributed by atoms with Gasteiger partial charge in [0.2, 0.25) is 0 Å². The first-order valence-electron chi connectivity index (χ1n) is 10.5. The van der Waals surface area contributed by atoms with Gasteiger partial charge in [0.05, 0.1) is 17.0 Å². The van der Waals surface area contributed by atoms with Gasteiger partial charge in [-0.25, -0.2) is 4.98 Å². The van der Waals surface area contributed by atoms with Crippen LogP contribution in [0.25, 0.3) is 0 Å². The van der Waals surface area contributed by atoms with E-state index in [1.807, 2.05) is 31.2 Å². The molecule has 0 saturated carbocycles. The van der Waals surface area contributed by atoms with Gasteiger partial charge in [0.1, 0.15) is 17.4 Å². The molecule has 0 saturated heterocycles. The molecule has 3 atom stereocenters. The standard InChI is InChI=1S/C24H30N2O4S/c1-15-3-5-18(6-4-15)24-26-16(2)22(31-24)14-30-19-9-7-17(8-10-19)20(13-23(28)29)21(25)11-12-27/h3-5,7-10,18,20-21,27H,6,11-14,25H2,1-2H3,(H,28,29)/t18?,20-,21?/m0/s1. The minimum absolute atomic E-state index is 0.0682. The highest BCUT2D eigenvalue weighted by Crippen LogP contribution is 2.32. The molecule has 1 aromatic heterocycles. The number of thiazole rings is 1. The van der Waals surface area contributed by atoms with Crippen molar-refractivity contribution < 1.29 is 19.7 Å². The third-order valence-electron chi connectivity index (χ3n) is 5.56. The van der Waals surface area contributed by atoms with Gasteiger partial charge in [-0.3, -0.25) is 4.79 Å². The van der Waals surface area contributed by atoms with Gasteiger partial charge in [-0.05, 0) is 44.4 Å². The number of aliphatic hydroxyl groups excluding tert-OH is 1. The molecule has 1 heterocycles. The first-order chi connectivity index (χ1) is 14.9. The highest BCUT2D eigenvalue weighted by molar-refractivity contribution is 7.11. The van der Waals surface area contributed by atoms with Crippen molar-refractivity contribution in [2.45, 2.75) is 57.6 Å². The summed E-state index contributed by atoms with van der Waals surface area (Å²) in [6.07, 6.45) is 7.86. The lowest BCUT2D eigenvalue weighted by molar-refractivity contribution is -0.137. The molecule has 0 radical (unpaired) electrons. The fraction of sp³-hybridized carbons (Fsp3) is 0.417. The zero-order chi connectivity index (χ0) is 22.4. The van der Waals surface area contributed by atoms with Gasteiger partial charge in [-0.2, -0.15) is 0 Å². The van der Waals surface area contributed by atoms with Crippen LogP contribution in [-0.2, 0) is 11.4 Å². The van der Waals surface area contributed by atoms with E-state index in [2.05, 4.69) is 25.2 Å². The first kappa shape index (κ1) is 23.2. The summed E-state index contributed by atoms with van der Waals surface area (Å²) >= 11 is 1.69. The quantitative estimate of drug-likeness (QED) is 0.507. The van der Waals surface area contributed by atoms with Crippen LogP contribution >= 0.6 is 11.3 Å². The zero-order valence-electron chi connectivity index (χ0n) is 18.0. The number of hydrogen-bond donors (Lipinski definition) is 3. The molecular formula is C24H30N2O4S. The molecule has 0 bridgehead atoms. The summed E-state index contributed by atoms with van der Waals surface area (Å²) in [7, 11) is 0. The van der Waals surface area contributed by atoms with Crippen LogP contribution < -0.4 is 10.5 Å². The van der Waals surface area contributed by atoms with Crippen molar-refractivity contribution in [3.63, 3.8) is 0 Å². The number of nitrogens with zero attached hydrogens (tertiary/aromatic N) is 1. The van der Waals surface area contributed by atoms with Gasteiger partial charge in [-0.15, -0.1) is 11.3 Å². The van der Waals surface area contributed by atoms with Crippen LogP contribution in [0, 0.1) is 6.92 Å². The van der Waals surface area contributed by atoms with E-state index in [9.17, 15) is 9.90 Å². The average molecular weight is 443 g/mol. The van der Waals surface area contributed by atoms with Gasteiger partial charge in [0.25, 0.3) is 0 Å². The predicted octanol–water partition coefficient (Wildman–Crippen LogP) is 4.29. The van der Waals surface area contributed by atoms with Crippen molar-refractivity contribution in [1.82, 2.24) is 4.98 Å². The van der Waals surface area contributed by atoms with Gasteiger partial charge in [-0.1, -0.05) is 35.9 Å². The molecule has 0 spiro atoms. The maximum absolute atomic E-state index is 11.2. The van der Waals surface area contributed by atoms with Crippen LogP contribution in [0.1, 0.15) is 59.2 Å². The van der Waals surface area contributed by atoms with Crippen molar-refractivity contribution in [1.29, 1.82) is 0 Å². The third-order valence-corrected chi connectivity index (χ3v) is 6.83. The largest absolute Gasteiger partial charge is 0.488 e. The van der Waals surface area contributed by atoms with Crippen LogP contribution in [0.4, 0.5) is 0 Å².